The minimum atomic E-state index is -1.18. The third-order valence-corrected chi connectivity index (χ3v) is 0.955. The van der Waals surface area contributed by atoms with E-state index in [-0.39, 0.29) is 6.61 Å². The lowest BCUT2D eigenvalue weighted by atomic mass is 10.7. The first-order valence-corrected chi connectivity index (χ1v) is 2.58. The second kappa shape index (κ2) is 2.33. The first-order chi connectivity index (χ1) is 4.20. The van der Waals surface area contributed by atoms with Crippen molar-refractivity contribution in [1.82, 2.24) is 0 Å². The Kier molecular flexibility index (Phi) is 1.68. The number of halogens is 1. The molecule has 0 N–H and O–H groups in total. The Morgan fingerprint density at radius 2 is 2.44 bits per heavy atom. The Morgan fingerprint density at radius 3 is 2.67 bits per heavy atom. The summed E-state index contributed by atoms with van der Waals surface area (Å²) in [6, 6.07) is 0. The second-order valence-corrected chi connectivity index (χ2v) is 1.81. The van der Waals surface area contributed by atoms with Crippen molar-refractivity contribution in [2.24, 2.45) is 0 Å². The van der Waals surface area contributed by atoms with Gasteiger partial charge in [0.25, 0.3) is 11.5 Å². The topological polar surface area (TPSA) is 52.6 Å². The van der Waals surface area contributed by atoms with Crippen molar-refractivity contribution in [3.05, 3.63) is 0 Å². The molecule has 0 radical (unpaired) electrons. The van der Waals surface area contributed by atoms with Gasteiger partial charge in [-0.1, -0.05) is 0 Å². The van der Waals surface area contributed by atoms with Gasteiger partial charge in [0.15, 0.2) is 0 Å². The Morgan fingerprint density at radius 1 is 1.78 bits per heavy atom. The van der Waals surface area contributed by atoms with E-state index >= 15 is 0 Å². The molecule has 4 nitrogen and oxygen atoms in total. The number of hydrogen-bond acceptors (Lipinski definition) is 4. The fraction of sp³-hybridized carbons (Fsp3) is 0.500. The van der Waals surface area contributed by atoms with Gasteiger partial charge in [-0.15, -0.1) is 0 Å². The molecule has 1 saturated heterocycles. The number of ether oxygens (including phenoxy) is 2. The SMILES string of the molecule is O=C1COC(C(=O)Cl)O1. The maximum atomic E-state index is 10.2. The molecule has 5 heteroatoms. The standard InChI is InChI=1S/C4H3ClO4/c5-3(7)4-8-1-2(6)9-4/h4H,1H2. The van der Waals surface area contributed by atoms with E-state index in [0.29, 0.717) is 0 Å². The highest BCUT2D eigenvalue weighted by Crippen LogP contribution is 2.07. The quantitative estimate of drug-likeness (QED) is 0.379. The molecule has 1 atom stereocenters. The highest BCUT2D eigenvalue weighted by Gasteiger charge is 2.28. The minimum Gasteiger partial charge on any atom is -0.425 e. The number of esters is 1. The summed E-state index contributed by atoms with van der Waals surface area (Å²) in [4.78, 5) is 20.4. The van der Waals surface area contributed by atoms with E-state index in [1.807, 2.05) is 0 Å². The predicted molar refractivity (Wildman–Crippen MR) is 26.7 cm³/mol. The summed E-state index contributed by atoms with van der Waals surface area (Å²) in [6.07, 6.45) is -1.18. The van der Waals surface area contributed by atoms with Crippen LogP contribution in [0.3, 0.4) is 0 Å². The van der Waals surface area contributed by atoms with Gasteiger partial charge in [0.05, 0.1) is 0 Å². The molecular weight excluding hydrogens is 147 g/mol. The molecule has 0 spiro atoms. The van der Waals surface area contributed by atoms with Crippen LogP contribution in [-0.4, -0.2) is 24.1 Å². The summed E-state index contributed by atoms with van der Waals surface area (Å²) >= 11 is 4.91. The zero-order valence-electron chi connectivity index (χ0n) is 4.30. The highest BCUT2D eigenvalue weighted by molar-refractivity contribution is 6.64. The first kappa shape index (κ1) is 6.51. The Bertz CT molecular complexity index is 155. The summed E-state index contributed by atoms with van der Waals surface area (Å²) in [5.41, 5.74) is 0. The van der Waals surface area contributed by atoms with E-state index in [1.165, 1.54) is 0 Å². The average Bonchev–Trinajstić information content (AvgIpc) is 2.14. The largest absolute Gasteiger partial charge is 0.425 e. The van der Waals surface area contributed by atoms with Crippen LogP contribution in [0.25, 0.3) is 0 Å². The van der Waals surface area contributed by atoms with Crippen LogP contribution in [0, 0.1) is 0 Å². The molecule has 0 bridgehead atoms. The van der Waals surface area contributed by atoms with Crippen molar-refractivity contribution in [3.8, 4) is 0 Å². The molecule has 1 unspecified atom stereocenters. The molecule has 1 fully saturated rings. The fourth-order valence-corrected chi connectivity index (χ4v) is 0.551. The predicted octanol–water partition coefficient (Wildman–Crippen LogP) is -0.349. The van der Waals surface area contributed by atoms with E-state index in [0.717, 1.165) is 0 Å². The zero-order chi connectivity index (χ0) is 6.85. The first-order valence-electron chi connectivity index (χ1n) is 2.20. The van der Waals surface area contributed by atoms with Crippen LogP contribution < -0.4 is 0 Å². The molecular formula is C4H3ClO4. The lowest BCUT2D eigenvalue weighted by molar-refractivity contribution is -0.150. The Balaban J connectivity index is 2.48. The van der Waals surface area contributed by atoms with Crippen molar-refractivity contribution in [3.63, 3.8) is 0 Å². The minimum absolute atomic E-state index is 0.191. The summed E-state index contributed by atoms with van der Waals surface area (Å²) < 4.78 is 8.75. The number of cyclic esters (lactones) is 1. The van der Waals surface area contributed by atoms with E-state index in [2.05, 4.69) is 9.47 Å². The van der Waals surface area contributed by atoms with Crippen molar-refractivity contribution in [1.29, 1.82) is 0 Å². The molecule has 0 aromatic heterocycles. The van der Waals surface area contributed by atoms with Gasteiger partial charge in [0, 0.05) is 0 Å². The van der Waals surface area contributed by atoms with Gasteiger partial charge in [0.2, 0.25) is 0 Å². The zero-order valence-corrected chi connectivity index (χ0v) is 5.05. The smallest absolute Gasteiger partial charge is 0.334 e. The van der Waals surface area contributed by atoms with E-state index in [4.69, 9.17) is 11.6 Å². The van der Waals surface area contributed by atoms with Gasteiger partial charge in [-0.2, -0.15) is 0 Å². The number of hydrogen-bond donors (Lipinski definition) is 0. The van der Waals surface area contributed by atoms with Crippen molar-refractivity contribution in [2.75, 3.05) is 6.61 Å². The lowest BCUT2D eigenvalue weighted by Crippen LogP contribution is -2.15. The molecule has 0 aliphatic carbocycles. The van der Waals surface area contributed by atoms with Gasteiger partial charge >= 0.3 is 5.97 Å². The monoisotopic (exact) mass is 150 g/mol. The fourth-order valence-electron chi connectivity index (χ4n) is 0.443. The number of rotatable bonds is 1. The van der Waals surface area contributed by atoms with Gasteiger partial charge in [0.1, 0.15) is 6.61 Å². The summed E-state index contributed by atoms with van der Waals surface area (Å²) in [5, 5.41) is -0.805. The van der Waals surface area contributed by atoms with Gasteiger partial charge < -0.3 is 9.47 Å². The molecule has 0 saturated carbocycles. The summed E-state index contributed by atoms with van der Waals surface area (Å²) in [7, 11) is 0. The molecule has 0 amide bonds. The molecule has 1 rings (SSSR count). The van der Waals surface area contributed by atoms with Crippen molar-refractivity contribution >= 4 is 22.8 Å². The molecule has 50 valence electrons. The number of carbonyl (C=O) groups excluding carboxylic acids is 2. The Labute approximate surface area is 55.7 Å². The van der Waals surface area contributed by atoms with Crippen LogP contribution in [0.5, 0.6) is 0 Å². The van der Waals surface area contributed by atoms with E-state index in [1.54, 1.807) is 0 Å². The van der Waals surface area contributed by atoms with Crippen molar-refractivity contribution < 1.29 is 19.1 Å². The summed E-state index contributed by atoms with van der Waals surface area (Å²) in [5.74, 6) is -0.561. The second-order valence-electron chi connectivity index (χ2n) is 1.44. The highest BCUT2D eigenvalue weighted by atomic mass is 35.5. The molecule has 0 aromatic carbocycles. The maximum Gasteiger partial charge on any atom is 0.334 e. The van der Waals surface area contributed by atoms with Crippen LogP contribution in [0.15, 0.2) is 0 Å². The van der Waals surface area contributed by atoms with Gasteiger partial charge in [-0.3, -0.25) is 4.79 Å². The van der Waals surface area contributed by atoms with Crippen LogP contribution in [0.1, 0.15) is 0 Å². The lowest BCUT2D eigenvalue weighted by Gasteiger charge is -1.98. The Hall–Kier alpha value is -0.610. The van der Waals surface area contributed by atoms with Crippen LogP contribution in [-0.2, 0) is 19.1 Å². The average molecular weight is 151 g/mol. The van der Waals surface area contributed by atoms with Crippen molar-refractivity contribution in [2.45, 2.75) is 6.29 Å². The van der Waals surface area contributed by atoms with Gasteiger partial charge in [-0.25, -0.2) is 4.79 Å². The van der Waals surface area contributed by atoms with Crippen LogP contribution >= 0.6 is 11.6 Å². The van der Waals surface area contributed by atoms with E-state index < -0.39 is 17.5 Å². The normalized spacial score (nSPS) is 25.9. The molecule has 9 heavy (non-hydrogen) atoms. The van der Waals surface area contributed by atoms with Gasteiger partial charge in [-0.05, 0) is 11.6 Å². The molecule has 1 heterocycles. The molecule has 1 aliphatic rings. The van der Waals surface area contributed by atoms with E-state index in [9.17, 15) is 9.59 Å². The third-order valence-electron chi connectivity index (χ3n) is 0.776. The summed E-state index contributed by atoms with van der Waals surface area (Å²) in [6.45, 7) is -0.191. The third kappa shape index (κ3) is 1.40. The number of carbonyl (C=O) groups is 2. The van der Waals surface area contributed by atoms with Crippen LogP contribution in [0.2, 0.25) is 0 Å². The molecule has 0 aromatic rings. The van der Waals surface area contributed by atoms with Crippen LogP contribution in [0.4, 0.5) is 0 Å². The maximum absolute atomic E-state index is 10.2. The molecule has 1 aliphatic heterocycles.